The van der Waals surface area contributed by atoms with Crippen molar-refractivity contribution in [3.63, 3.8) is 0 Å². The molecule has 1 atom stereocenters. The van der Waals surface area contributed by atoms with E-state index in [-0.39, 0.29) is 35.7 Å². The Balaban J connectivity index is 2.42. The average Bonchev–Trinajstić information content (AvgIpc) is 2.63. The molecular weight excluding hydrogens is 401 g/mol. The molecule has 1 aliphatic carbocycles. The van der Waals surface area contributed by atoms with Gasteiger partial charge in [-0.25, -0.2) is 17.6 Å². The van der Waals surface area contributed by atoms with Crippen LogP contribution in [0.4, 0.5) is 10.1 Å². The monoisotopic (exact) mass is 421 g/mol. The number of sulfonamides is 1. The normalized spacial score (nSPS) is 19.3. The van der Waals surface area contributed by atoms with Gasteiger partial charge >= 0.3 is 5.97 Å². The van der Waals surface area contributed by atoms with Gasteiger partial charge in [0, 0.05) is 20.6 Å². The standard InChI is InChI=1S/C17H21ClFNO6S/c1-4-26-16(21)12-10-17(24-2,25-3)8-7-15(12)27(22,23)20-14-6-5-11(19)9-13(14)18/h5-6,9-10,15,20H,4,7-8H2,1-3H3. The third-order valence-electron chi connectivity index (χ3n) is 4.24. The summed E-state index contributed by atoms with van der Waals surface area (Å²) >= 11 is 5.90. The van der Waals surface area contributed by atoms with Crippen molar-refractivity contribution >= 4 is 33.3 Å². The van der Waals surface area contributed by atoms with Gasteiger partial charge in [0.15, 0.2) is 5.79 Å². The number of halogens is 2. The summed E-state index contributed by atoms with van der Waals surface area (Å²) in [4.78, 5) is 12.4. The number of hydrogen-bond donors (Lipinski definition) is 1. The Kier molecular flexibility index (Phi) is 6.85. The predicted molar refractivity (Wildman–Crippen MR) is 98.4 cm³/mol. The summed E-state index contributed by atoms with van der Waals surface area (Å²) in [6.45, 7) is 1.69. The molecule has 150 valence electrons. The molecule has 2 rings (SSSR count). The highest BCUT2D eigenvalue weighted by molar-refractivity contribution is 7.93. The number of esters is 1. The minimum absolute atomic E-state index is 0.0107. The van der Waals surface area contributed by atoms with E-state index in [1.54, 1.807) is 6.92 Å². The number of ether oxygens (including phenoxy) is 3. The highest BCUT2D eigenvalue weighted by Gasteiger charge is 2.43. The van der Waals surface area contributed by atoms with Crippen molar-refractivity contribution in [2.45, 2.75) is 30.8 Å². The molecular formula is C17H21ClFNO6S. The maximum Gasteiger partial charge on any atom is 0.335 e. The van der Waals surface area contributed by atoms with Crippen LogP contribution >= 0.6 is 11.6 Å². The molecule has 7 nitrogen and oxygen atoms in total. The zero-order chi connectivity index (χ0) is 20.2. The van der Waals surface area contributed by atoms with E-state index in [4.69, 9.17) is 25.8 Å². The number of hydrogen-bond acceptors (Lipinski definition) is 6. The van der Waals surface area contributed by atoms with Gasteiger partial charge < -0.3 is 14.2 Å². The molecule has 0 saturated carbocycles. The van der Waals surface area contributed by atoms with Crippen molar-refractivity contribution in [1.82, 2.24) is 0 Å². The summed E-state index contributed by atoms with van der Waals surface area (Å²) < 4.78 is 56.9. The van der Waals surface area contributed by atoms with Crippen molar-refractivity contribution in [1.29, 1.82) is 0 Å². The van der Waals surface area contributed by atoms with Crippen LogP contribution in [0.1, 0.15) is 19.8 Å². The number of carbonyl (C=O) groups excluding carboxylic acids is 1. The molecule has 10 heteroatoms. The Bertz CT molecular complexity index is 838. The first-order valence-corrected chi connectivity index (χ1v) is 10.1. The molecule has 1 unspecified atom stereocenters. The Morgan fingerprint density at radius 2 is 2.04 bits per heavy atom. The number of methoxy groups -OCH3 is 2. The first-order valence-electron chi connectivity index (χ1n) is 8.15. The van der Waals surface area contributed by atoms with Gasteiger partial charge in [-0.1, -0.05) is 11.6 Å². The fraction of sp³-hybridized carbons (Fsp3) is 0.471. The fourth-order valence-electron chi connectivity index (χ4n) is 2.82. The maximum absolute atomic E-state index is 13.2. The summed E-state index contributed by atoms with van der Waals surface area (Å²) in [5.41, 5.74) is -0.0888. The minimum Gasteiger partial charge on any atom is -0.463 e. The largest absolute Gasteiger partial charge is 0.463 e. The van der Waals surface area contributed by atoms with Gasteiger partial charge in [0.05, 0.1) is 22.9 Å². The lowest BCUT2D eigenvalue weighted by Crippen LogP contribution is -2.43. The molecule has 0 aromatic heterocycles. The van der Waals surface area contributed by atoms with Crippen LogP contribution in [0.2, 0.25) is 5.02 Å². The van der Waals surface area contributed by atoms with E-state index in [0.29, 0.717) is 0 Å². The van der Waals surface area contributed by atoms with E-state index in [1.807, 2.05) is 0 Å². The second-order valence-electron chi connectivity index (χ2n) is 5.84. The minimum atomic E-state index is -4.09. The van der Waals surface area contributed by atoms with Crippen LogP contribution in [0.15, 0.2) is 29.8 Å². The number of nitrogens with one attached hydrogen (secondary N) is 1. The van der Waals surface area contributed by atoms with E-state index >= 15 is 0 Å². The second-order valence-corrected chi connectivity index (χ2v) is 8.11. The van der Waals surface area contributed by atoms with Crippen molar-refractivity contribution in [3.8, 4) is 0 Å². The topological polar surface area (TPSA) is 90.9 Å². The Labute approximate surface area is 162 Å². The molecule has 1 aromatic rings. The smallest absolute Gasteiger partial charge is 0.335 e. The third kappa shape index (κ3) is 4.78. The van der Waals surface area contributed by atoms with Crippen molar-refractivity contribution in [3.05, 3.63) is 40.7 Å². The molecule has 0 saturated heterocycles. The third-order valence-corrected chi connectivity index (χ3v) is 6.29. The van der Waals surface area contributed by atoms with Crippen LogP contribution in [-0.2, 0) is 29.0 Å². The molecule has 0 fully saturated rings. The van der Waals surface area contributed by atoms with Crippen molar-refractivity contribution in [2.24, 2.45) is 0 Å². The second kappa shape index (κ2) is 8.55. The molecule has 0 aliphatic heterocycles. The number of rotatable bonds is 7. The lowest BCUT2D eigenvalue weighted by molar-refractivity contribution is -0.178. The molecule has 0 radical (unpaired) electrons. The Hall–Kier alpha value is -1.68. The van der Waals surface area contributed by atoms with Gasteiger partial charge in [0.25, 0.3) is 0 Å². The van der Waals surface area contributed by atoms with Crippen LogP contribution in [0, 0.1) is 5.82 Å². The Morgan fingerprint density at radius 3 is 2.59 bits per heavy atom. The summed E-state index contributed by atoms with van der Waals surface area (Å²) in [6.07, 6.45) is 1.57. The number of benzene rings is 1. The van der Waals surface area contributed by atoms with Gasteiger partial charge in [0.1, 0.15) is 11.1 Å². The first kappa shape index (κ1) is 21.6. The summed E-state index contributed by atoms with van der Waals surface area (Å²) in [5, 5.41) is -1.31. The number of carbonyl (C=O) groups is 1. The van der Waals surface area contributed by atoms with Crippen molar-refractivity contribution < 1.29 is 31.8 Å². The van der Waals surface area contributed by atoms with Crippen LogP contribution < -0.4 is 4.72 Å². The van der Waals surface area contributed by atoms with Gasteiger partial charge in [-0.2, -0.15) is 0 Å². The van der Waals surface area contributed by atoms with E-state index < -0.39 is 32.8 Å². The van der Waals surface area contributed by atoms with Gasteiger partial charge in [-0.05, 0) is 37.6 Å². The predicted octanol–water partition coefficient (Wildman–Crippen LogP) is 2.86. The summed E-state index contributed by atoms with van der Waals surface area (Å²) in [5.74, 6) is -2.60. The quantitative estimate of drug-likeness (QED) is 0.537. The average molecular weight is 422 g/mol. The van der Waals surface area contributed by atoms with Crippen molar-refractivity contribution in [2.75, 3.05) is 25.5 Å². The molecule has 1 aliphatic rings. The fourth-order valence-corrected chi connectivity index (χ4v) is 4.64. The molecule has 0 bridgehead atoms. The summed E-state index contributed by atoms with van der Waals surface area (Å²) in [7, 11) is -1.29. The SMILES string of the molecule is CCOC(=O)C1=CC(OC)(OC)CCC1S(=O)(=O)Nc1ccc(F)cc1Cl. The van der Waals surface area contributed by atoms with E-state index in [1.165, 1.54) is 26.4 Å². The highest BCUT2D eigenvalue weighted by Crippen LogP contribution is 2.35. The zero-order valence-electron chi connectivity index (χ0n) is 15.1. The highest BCUT2D eigenvalue weighted by atomic mass is 35.5. The molecule has 1 N–H and O–H groups in total. The molecule has 27 heavy (non-hydrogen) atoms. The molecule has 1 aromatic carbocycles. The number of anilines is 1. The molecule has 0 heterocycles. The summed E-state index contributed by atoms with van der Waals surface area (Å²) in [6, 6.07) is 3.28. The molecule has 0 spiro atoms. The Morgan fingerprint density at radius 1 is 1.37 bits per heavy atom. The van der Waals surface area contributed by atoms with Crippen LogP contribution in [0.25, 0.3) is 0 Å². The first-order chi connectivity index (χ1) is 12.7. The van der Waals surface area contributed by atoms with Crippen LogP contribution in [0.3, 0.4) is 0 Å². The van der Waals surface area contributed by atoms with E-state index in [2.05, 4.69) is 4.72 Å². The van der Waals surface area contributed by atoms with E-state index in [0.717, 1.165) is 12.1 Å². The maximum atomic E-state index is 13.2. The lowest BCUT2D eigenvalue weighted by Gasteiger charge is -2.35. The van der Waals surface area contributed by atoms with Gasteiger partial charge in [0.2, 0.25) is 10.0 Å². The zero-order valence-corrected chi connectivity index (χ0v) is 16.7. The van der Waals surface area contributed by atoms with Crippen LogP contribution in [0.5, 0.6) is 0 Å². The van der Waals surface area contributed by atoms with E-state index in [9.17, 15) is 17.6 Å². The molecule has 0 amide bonds. The van der Waals surface area contributed by atoms with Gasteiger partial charge in [-0.15, -0.1) is 0 Å². The lowest BCUT2D eigenvalue weighted by atomic mass is 9.94. The van der Waals surface area contributed by atoms with Gasteiger partial charge in [-0.3, -0.25) is 4.72 Å². The van der Waals surface area contributed by atoms with Crippen LogP contribution in [-0.4, -0.2) is 46.3 Å².